The van der Waals surface area contributed by atoms with Crippen molar-refractivity contribution >= 4 is 23.4 Å². The molecule has 5 rings (SSSR count). The van der Waals surface area contributed by atoms with Gasteiger partial charge in [-0.05, 0) is 86.9 Å². The fraction of sp³-hybridized carbons (Fsp3) is 0.278. The lowest BCUT2D eigenvalue weighted by molar-refractivity contribution is -0.139. The van der Waals surface area contributed by atoms with E-state index in [0.29, 0.717) is 54.7 Å². The van der Waals surface area contributed by atoms with Crippen molar-refractivity contribution in [2.75, 3.05) is 20.8 Å². The van der Waals surface area contributed by atoms with Crippen LogP contribution in [0.2, 0.25) is 0 Å². The first-order valence-electron chi connectivity index (χ1n) is 15.0. The van der Waals surface area contributed by atoms with Crippen molar-refractivity contribution in [2.24, 2.45) is 4.99 Å². The Morgan fingerprint density at radius 1 is 1.02 bits per heavy atom. The van der Waals surface area contributed by atoms with Crippen LogP contribution in [0.5, 0.6) is 23.0 Å². The molecule has 2 heterocycles. The summed E-state index contributed by atoms with van der Waals surface area (Å²) in [5.74, 6) is 1.51. The van der Waals surface area contributed by atoms with E-state index < -0.39 is 12.0 Å². The lowest BCUT2D eigenvalue weighted by Crippen LogP contribution is -2.40. The Bertz CT molecular complexity index is 2050. The van der Waals surface area contributed by atoms with Crippen LogP contribution in [0.15, 0.2) is 81.7 Å². The number of methoxy groups -OCH3 is 2. The van der Waals surface area contributed by atoms with Gasteiger partial charge in [-0.15, -0.1) is 0 Å². The highest BCUT2D eigenvalue weighted by Gasteiger charge is 2.34. The minimum Gasteiger partial charge on any atom is -0.493 e. The number of rotatable bonds is 11. The number of nitrogens with zero attached hydrogens (tertiary/aromatic N) is 3. The topological polar surface area (TPSA) is 121 Å². The molecule has 0 unspecified atom stereocenters. The van der Waals surface area contributed by atoms with Crippen molar-refractivity contribution in [2.45, 2.75) is 46.4 Å². The zero-order valence-electron chi connectivity index (χ0n) is 27.0. The minimum atomic E-state index is -0.804. The molecule has 11 heteroatoms. The molecule has 0 spiro atoms. The molecule has 0 fully saturated rings. The zero-order valence-corrected chi connectivity index (χ0v) is 27.8. The van der Waals surface area contributed by atoms with Crippen molar-refractivity contribution in [3.05, 3.63) is 114 Å². The van der Waals surface area contributed by atoms with Crippen molar-refractivity contribution in [1.29, 1.82) is 5.26 Å². The van der Waals surface area contributed by atoms with Gasteiger partial charge in [0.1, 0.15) is 6.61 Å². The standard InChI is InChI=1S/C36H35N3O7S/c1-7-44-35(41)32-22(4)38-36-39(33(32)26-13-15-28(46-21(2)3)30(18-26)43-6)34(40)31(47-36)17-25-12-14-27(29(16-25)42-5)45-20-24-10-8-23(19-37)9-11-24/h8-18,21,33H,7,20H2,1-6H3/b31-17+/t33-/m0/s1. The van der Waals surface area contributed by atoms with Crippen LogP contribution in [0, 0.1) is 11.3 Å². The molecule has 0 saturated carbocycles. The van der Waals surface area contributed by atoms with E-state index >= 15 is 0 Å². The van der Waals surface area contributed by atoms with Gasteiger partial charge in [-0.3, -0.25) is 9.36 Å². The maximum absolute atomic E-state index is 14.1. The highest BCUT2D eigenvalue weighted by molar-refractivity contribution is 7.07. The van der Waals surface area contributed by atoms with Crippen molar-refractivity contribution in [3.8, 4) is 29.1 Å². The van der Waals surface area contributed by atoms with Gasteiger partial charge in [0.05, 0.1) is 60.4 Å². The quantitative estimate of drug-likeness (QED) is 0.206. The maximum atomic E-state index is 14.1. The molecule has 47 heavy (non-hydrogen) atoms. The van der Waals surface area contributed by atoms with E-state index in [0.717, 1.165) is 5.56 Å². The third-order valence-corrected chi connectivity index (χ3v) is 8.33. The largest absolute Gasteiger partial charge is 0.493 e. The van der Waals surface area contributed by atoms with Crippen LogP contribution < -0.4 is 33.8 Å². The molecule has 3 aromatic carbocycles. The first-order chi connectivity index (χ1) is 22.7. The summed E-state index contributed by atoms with van der Waals surface area (Å²) in [6.45, 7) is 7.78. The smallest absolute Gasteiger partial charge is 0.338 e. The highest BCUT2D eigenvalue weighted by Crippen LogP contribution is 2.36. The Hall–Kier alpha value is -5.34. The minimum absolute atomic E-state index is 0.0774. The van der Waals surface area contributed by atoms with Gasteiger partial charge in [0.2, 0.25) is 0 Å². The number of carbonyl (C=O) groups excluding carboxylic acids is 1. The molecular formula is C36H35N3O7S. The van der Waals surface area contributed by atoms with Crippen molar-refractivity contribution < 1.29 is 28.5 Å². The Morgan fingerprint density at radius 2 is 1.72 bits per heavy atom. The summed E-state index contributed by atoms with van der Waals surface area (Å²) >= 11 is 1.23. The van der Waals surface area contributed by atoms with E-state index in [1.165, 1.54) is 15.9 Å². The SMILES string of the molecule is CCOC(=O)C1=C(C)N=c2s/c(=C/c3ccc(OCc4ccc(C#N)cc4)c(OC)c3)c(=O)n2[C@H]1c1ccc(OC(C)C)c(OC)c1. The summed E-state index contributed by atoms with van der Waals surface area (Å²) in [7, 11) is 3.09. The van der Waals surface area contributed by atoms with E-state index in [1.807, 2.05) is 38.1 Å². The van der Waals surface area contributed by atoms with E-state index in [4.69, 9.17) is 28.9 Å². The number of carbonyl (C=O) groups is 1. The molecular weight excluding hydrogens is 618 g/mol. The van der Waals surface area contributed by atoms with Gasteiger partial charge in [-0.2, -0.15) is 5.26 Å². The van der Waals surface area contributed by atoms with E-state index in [-0.39, 0.29) is 30.5 Å². The van der Waals surface area contributed by atoms with Gasteiger partial charge in [-0.25, -0.2) is 9.79 Å². The average molecular weight is 654 g/mol. The third kappa shape index (κ3) is 7.08. The number of hydrogen-bond donors (Lipinski definition) is 0. The second-order valence-corrected chi connectivity index (χ2v) is 11.9. The number of nitriles is 1. The summed E-state index contributed by atoms with van der Waals surface area (Å²) in [6, 6.07) is 19.2. The van der Waals surface area contributed by atoms with Crippen LogP contribution in [0.3, 0.4) is 0 Å². The van der Waals surface area contributed by atoms with Crippen molar-refractivity contribution in [3.63, 3.8) is 0 Å². The second-order valence-electron chi connectivity index (χ2n) is 10.9. The summed E-state index contributed by atoms with van der Waals surface area (Å²) in [6.07, 6.45) is 1.68. The normalized spacial score (nSPS) is 14.3. The summed E-state index contributed by atoms with van der Waals surface area (Å²) in [5, 5.41) is 9.03. The lowest BCUT2D eigenvalue weighted by atomic mass is 9.95. The molecule has 0 amide bonds. The number of fused-ring (bicyclic) bond motifs is 1. The van der Waals surface area contributed by atoms with Crippen LogP contribution in [0.25, 0.3) is 6.08 Å². The van der Waals surface area contributed by atoms with Crippen LogP contribution >= 0.6 is 11.3 Å². The van der Waals surface area contributed by atoms with Gasteiger partial charge in [-0.1, -0.05) is 35.6 Å². The first-order valence-corrected chi connectivity index (χ1v) is 15.8. The number of esters is 1. The Morgan fingerprint density at radius 3 is 2.38 bits per heavy atom. The summed E-state index contributed by atoms with van der Waals surface area (Å²) in [5.41, 5.74) is 3.27. The Balaban J connectivity index is 1.55. The Labute approximate surface area is 276 Å². The summed E-state index contributed by atoms with van der Waals surface area (Å²) < 4.78 is 30.5. The fourth-order valence-electron chi connectivity index (χ4n) is 5.19. The first kappa shape index (κ1) is 33.0. The molecule has 242 valence electrons. The number of aromatic nitrogens is 1. The second kappa shape index (κ2) is 14.4. The van der Waals surface area contributed by atoms with E-state index in [2.05, 4.69) is 11.1 Å². The Kier molecular flexibility index (Phi) is 10.1. The van der Waals surface area contributed by atoms with Gasteiger partial charge in [0.15, 0.2) is 27.8 Å². The maximum Gasteiger partial charge on any atom is 0.338 e. The molecule has 0 aliphatic carbocycles. The fourth-order valence-corrected chi connectivity index (χ4v) is 6.24. The molecule has 10 nitrogen and oxygen atoms in total. The van der Waals surface area contributed by atoms with Crippen LogP contribution in [-0.2, 0) is 16.1 Å². The molecule has 4 aromatic rings. The number of thiazole rings is 1. The van der Waals surface area contributed by atoms with Gasteiger partial charge >= 0.3 is 5.97 Å². The van der Waals surface area contributed by atoms with Gasteiger partial charge in [0.25, 0.3) is 5.56 Å². The number of hydrogen-bond acceptors (Lipinski definition) is 10. The van der Waals surface area contributed by atoms with E-state index in [1.54, 1.807) is 70.5 Å². The summed E-state index contributed by atoms with van der Waals surface area (Å²) in [4.78, 5) is 32.5. The van der Waals surface area contributed by atoms with Crippen LogP contribution in [0.4, 0.5) is 0 Å². The monoisotopic (exact) mass is 653 g/mol. The van der Waals surface area contributed by atoms with Crippen LogP contribution in [-0.4, -0.2) is 37.5 Å². The molecule has 1 aliphatic heterocycles. The molecule has 0 bridgehead atoms. The predicted molar refractivity (Wildman–Crippen MR) is 178 cm³/mol. The predicted octanol–water partition coefficient (Wildman–Crippen LogP) is 5.05. The lowest BCUT2D eigenvalue weighted by Gasteiger charge is -2.25. The molecule has 1 aromatic heterocycles. The average Bonchev–Trinajstić information content (AvgIpc) is 3.37. The van der Waals surface area contributed by atoms with Gasteiger partial charge in [0, 0.05) is 0 Å². The molecule has 0 radical (unpaired) electrons. The molecule has 0 saturated heterocycles. The number of ether oxygens (including phenoxy) is 5. The van der Waals surface area contributed by atoms with Gasteiger partial charge < -0.3 is 23.7 Å². The molecule has 1 aliphatic rings. The molecule has 0 N–H and O–H groups in total. The third-order valence-electron chi connectivity index (χ3n) is 7.35. The number of benzene rings is 3. The van der Waals surface area contributed by atoms with Crippen molar-refractivity contribution in [1.82, 2.24) is 4.57 Å². The van der Waals surface area contributed by atoms with E-state index in [9.17, 15) is 9.59 Å². The molecule has 1 atom stereocenters. The number of allylic oxidation sites excluding steroid dienone is 1. The zero-order chi connectivity index (χ0) is 33.7. The highest BCUT2D eigenvalue weighted by atomic mass is 32.1. The van der Waals surface area contributed by atoms with Crippen LogP contribution in [0.1, 0.15) is 56.0 Å².